The first-order valence-corrected chi connectivity index (χ1v) is 9.39. The molecule has 0 aliphatic heterocycles. The van der Waals surface area contributed by atoms with Crippen LogP contribution in [0.2, 0.25) is 0 Å². The zero-order valence-corrected chi connectivity index (χ0v) is 14.7. The lowest BCUT2D eigenvalue weighted by Gasteiger charge is -2.07. The summed E-state index contributed by atoms with van der Waals surface area (Å²) in [7, 11) is 0. The molecule has 0 bridgehead atoms. The van der Waals surface area contributed by atoms with E-state index in [9.17, 15) is 9.59 Å². The molecule has 2 aliphatic carbocycles. The minimum absolute atomic E-state index is 0.0824. The third kappa shape index (κ3) is 3.79. The average molecular weight is 348 g/mol. The Morgan fingerprint density at radius 2 is 1.08 bits per heavy atom. The fourth-order valence-electron chi connectivity index (χ4n) is 3.74. The van der Waals surface area contributed by atoms with Crippen LogP contribution in [0.25, 0.3) is 0 Å². The molecule has 4 heteroatoms. The third-order valence-electron chi connectivity index (χ3n) is 5.43. The van der Waals surface area contributed by atoms with Gasteiger partial charge in [0.25, 0.3) is 0 Å². The topological polar surface area (TPSA) is 58.2 Å². The molecule has 134 valence electrons. The highest BCUT2D eigenvalue weighted by molar-refractivity contribution is 5.84. The first-order valence-electron chi connectivity index (χ1n) is 9.39. The first-order chi connectivity index (χ1) is 12.7. The Hall–Kier alpha value is -2.62. The van der Waals surface area contributed by atoms with E-state index in [1.807, 2.05) is 36.4 Å². The second kappa shape index (κ2) is 7.32. The van der Waals surface area contributed by atoms with E-state index in [2.05, 4.69) is 34.9 Å². The van der Waals surface area contributed by atoms with Crippen molar-refractivity contribution in [2.24, 2.45) is 11.8 Å². The summed E-state index contributed by atoms with van der Waals surface area (Å²) in [6, 6.07) is 20.4. The summed E-state index contributed by atoms with van der Waals surface area (Å²) >= 11 is 0. The number of nitrogens with one attached hydrogen (secondary N) is 2. The Balaban J connectivity index is 1.14. The van der Waals surface area contributed by atoms with E-state index in [0.29, 0.717) is 24.9 Å². The Morgan fingerprint density at radius 1 is 0.692 bits per heavy atom. The van der Waals surface area contributed by atoms with Gasteiger partial charge in [-0.05, 0) is 35.8 Å². The predicted molar refractivity (Wildman–Crippen MR) is 101 cm³/mol. The smallest absolute Gasteiger partial charge is 0.223 e. The largest absolute Gasteiger partial charge is 0.354 e. The summed E-state index contributed by atoms with van der Waals surface area (Å²) in [5.74, 6) is 1.06. The van der Waals surface area contributed by atoms with Crippen molar-refractivity contribution >= 4 is 11.8 Å². The molecular formula is C22H24N2O2. The predicted octanol–water partition coefficient (Wildman–Crippen LogP) is 2.83. The molecule has 0 saturated heterocycles. The Kier molecular flexibility index (Phi) is 4.74. The second-order valence-electron chi connectivity index (χ2n) is 7.30. The van der Waals surface area contributed by atoms with Crippen molar-refractivity contribution in [3.63, 3.8) is 0 Å². The lowest BCUT2D eigenvalue weighted by Crippen LogP contribution is -2.36. The molecule has 2 aromatic rings. The van der Waals surface area contributed by atoms with Gasteiger partial charge in [0.2, 0.25) is 11.8 Å². The van der Waals surface area contributed by atoms with Crippen molar-refractivity contribution in [3.8, 4) is 0 Å². The Bertz CT molecular complexity index is 708. The fourth-order valence-corrected chi connectivity index (χ4v) is 3.74. The molecule has 4 atom stereocenters. The van der Waals surface area contributed by atoms with Gasteiger partial charge >= 0.3 is 0 Å². The molecule has 2 N–H and O–H groups in total. The molecular weight excluding hydrogens is 324 g/mol. The van der Waals surface area contributed by atoms with Crippen LogP contribution < -0.4 is 10.6 Å². The van der Waals surface area contributed by atoms with E-state index in [1.54, 1.807) is 0 Å². The monoisotopic (exact) mass is 348 g/mol. The number of amides is 2. The average Bonchev–Trinajstić information content (AvgIpc) is 3.59. The summed E-state index contributed by atoms with van der Waals surface area (Å²) in [6.07, 6.45) is 1.84. The van der Waals surface area contributed by atoms with Gasteiger partial charge in [0.05, 0.1) is 0 Å². The molecule has 2 aliphatic rings. The zero-order chi connectivity index (χ0) is 17.9. The highest BCUT2D eigenvalue weighted by Gasteiger charge is 2.44. The van der Waals surface area contributed by atoms with Crippen LogP contribution in [0.15, 0.2) is 60.7 Å². The number of hydrogen-bond donors (Lipinski definition) is 2. The van der Waals surface area contributed by atoms with E-state index in [-0.39, 0.29) is 23.7 Å². The summed E-state index contributed by atoms with van der Waals surface area (Å²) in [5, 5.41) is 5.90. The van der Waals surface area contributed by atoms with Gasteiger partial charge < -0.3 is 10.6 Å². The van der Waals surface area contributed by atoms with Crippen molar-refractivity contribution in [3.05, 3.63) is 71.8 Å². The van der Waals surface area contributed by atoms with Crippen molar-refractivity contribution in [2.45, 2.75) is 24.7 Å². The van der Waals surface area contributed by atoms with Gasteiger partial charge in [0, 0.05) is 24.9 Å². The molecule has 0 aromatic heterocycles. The Labute approximate surface area is 154 Å². The van der Waals surface area contributed by atoms with Gasteiger partial charge in [-0.1, -0.05) is 60.7 Å². The number of hydrogen-bond acceptors (Lipinski definition) is 2. The van der Waals surface area contributed by atoms with Crippen LogP contribution in [0.1, 0.15) is 35.8 Å². The molecule has 2 aromatic carbocycles. The summed E-state index contributed by atoms with van der Waals surface area (Å²) in [5.41, 5.74) is 2.48. The van der Waals surface area contributed by atoms with Crippen LogP contribution in [-0.4, -0.2) is 24.9 Å². The van der Waals surface area contributed by atoms with Gasteiger partial charge in [-0.2, -0.15) is 0 Å². The molecule has 0 radical (unpaired) electrons. The maximum absolute atomic E-state index is 12.2. The van der Waals surface area contributed by atoms with Gasteiger partial charge in [-0.3, -0.25) is 9.59 Å². The quantitative estimate of drug-likeness (QED) is 0.756. The van der Waals surface area contributed by atoms with Gasteiger partial charge in [-0.15, -0.1) is 0 Å². The molecule has 4 nitrogen and oxygen atoms in total. The van der Waals surface area contributed by atoms with Crippen LogP contribution in [0.5, 0.6) is 0 Å². The minimum Gasteiger partial charge on any atom is -0.354 e. The summed E-state index contributed by atoms with van der Waals surface area (Å²) in [6.45, 7) is 0.983. The van der Waals surface area contributed by atoms with Crippen LogP contribution in [0.3, 0.4) is 0 Å². The van der Waals surface area contributed by atoms with Crippen LogP contribution >= 0.6 is 0 Å². The lowest BCUT2D eigenvalue weighted by atomic mass is 10.1. The number of rotatable bonds is 7. The highest BCUT2D eigenvalue weighted by atomic mass is 16.2. The first kappa shape index (κ1) is 16.8. The normalized spacial score (nSPS) is 26.0. The maximum atomic E-state index is 12.2. The van der Waals surface area contributed by atoms with E-state index in [1.165, 1.54) is 11.1 Å². The summed E-state index contributed by atoms with van der Waals surface area (Å²) in [4.78, 5) is 24.4. The molecule has 0 unspecified atom stereocenters. The molecule has 2 fully saturated rings. The van der Waals surface area contributed by atoms with Crippen molar-refractivity contribution < 1.29 is 9.59 Å². The van der Waals surface area contributed by atoms with E-state index < -0.39 is 0 Å². The van der Waals surface area contributed by atoms with Gasteiger partial charge in [0.15, 0.2) is 0 Å². The highest BCUT2D eigenvalue weighted by Crippen LogP contribution is 2.48. The van der Waals surface area contributed by atoms with Crippen molar-refractivity contribution in [2.75, 3.05) is 13.1 Å². The van der Waals surface area contributed by atoms with Crippen molar-refractivity contribution in [1.82, 2.24) is 10.6 Å². The molecule has 4 rings (SSSR count). The molecule has 26 heavy (non-hydrogen) atoms. The van der Waals surface area contributed by atoms with E-state index in [4.69, 9.17) is 0 Å². The van der Waals surface area contributed by atoms with E-state index in [0.717, 1.165) is 12.8 Å². The SMILES string of the molecule is O=C(NCCNC(=O)[C@@H]1C[C@@H]1c1ccccc1)[C@H]1C[C@H]1c1ccccc1. The summed E-state index contributed by atoms with van der Waals surface area (Å²) < 4.78 is 0. The third-order valence-corrected chi connectivity index (χ3v) is 5.43. The Morgan fingerprint density at radius 3 is 1.46 bits per heavy atom. The molecule has 2 amide bonds. The number of carbonyl (C=O) groups excluding carboxylic acids is 2. The molecule has 0 heterocycles. The zero-order valence-electron chi connectivity index (χ0n) is 14.7. The van der Waals surface area contributed by atoms with Gasteiger partial charge in [-0.25, -0.2) is 0 Å². The standard InChI is InChI=1S/C22H24N2O2/c25-21(19-13-17(19)15-7-3-1-4-8-15)23-11-12-24-22(26)20-14-18(20)16-9-5-2-6-10-16/h1-10,17-20H,11-14H2,(H,23,25)(H,24,26)/t17-,18+,19-,20+. The molecule has 0 spiro atoms. The van der Waals surface area contributed by atoms with Crippen LogP contribution in [-0.2, 0) is 9.59 Å². The second-order valence-corrected chi connectivity index (χ2v) is 7.30. The van der Waals surface area contributed by atoms with Crippen molar-refractivity contribution in [1.29, 1.82) is 0 Å². The van der Waals surface area contributed by atoms with Crippen LogP contribution in [0.4, 0.5) is 0 Å². The number of carbonyl (C=O) groups is 2. The van der Waals surface area contributed by atoms with Crippen LogP contribution in [0, 0.1) is 11.8 Å². The van der Waals surface area contributed by atoms with Gasteiger partial charge in [0.1, 0.15) is 0 Å². The minimum atomic E-state index is 0.0824. The lowest BCUT2D eigenvalue weighted by molar-refractivity contribution is -0.124. The molecule has 2 saturated carbocycles. The fraction of sp³-hybridized carbons (Fsp3) is 0.364. The number of benzene rings is 2. The maximum Gasteiger partial charge on any atom is 0.223 e. The van der Waals surface area contributed by atoms with E-state index >= 15 is 0 Å².